The van der Waals surface area contributed by atoms with E-state index in [0.717, 1.165) is 10.3 Å². The third kappa shape index (κ3) is 4.27. The molecule has 0 spiro atoms. The van der Waals surface area contributed by atoms with E-state index < -0.39 is 17.7 Å². The molecule has 1 saturated heterocycles. The molecule has 1 unspecified atom stereocenters. The molecular weight excluding hydrogens is 492 g/mol. The standard InChI is InChI=1S/C28H24N2O6S/c1-4-36-21-13-17(9-12-20(21)31)24-23(25(32)16-7-5-15(2)6-8-16)26(33)27(34)30(24)28-29-19-11-10-18(35-3)14-22(19)37-28/h5-14,24,31-32H,4H2,1-3H3. The fourth-order valence-corrected chi connectivity index (χ4v) is 5.33. The molecule has 1 aliphatic rings. The molecule has 5 rings (SSSR count). The number of benzene rings is 3. The summed E-state index contributed by atoms with van der Waals surface area (Å²) in [5.41, 5.74) is 2.44. The summed E-state index contributed by atoms with van der Waals surface area (Å²) < 4.78 is 11.6. The largest absolute Gasteiger partial charge is 0.507 e. The Balaban J connectivity index is 1.73. The number of aliphatic hydroxyl groups is 1. The lowest BCUT2D eigenvalue weighted by Gasteiger charge is -2.23. The number of carbonyl (C=O) groups is 2. The number of ether oxygens (including phenoxy) is 2. The van der Waals surface area contributed by atoms with Crippen LogP contribution in [0.15, 0.2) is 66.2 Å². The predicted octanol–water partition coefficient (Wildman–Crippen LogP) is 5.34. The van der Waals surface area contributed by atoms with Crippen LogP contribution in [0.5, 0.6) is 17.2 Å². The average Bonchev–Trinajstić information content (AvgIpc) is 3.43. The summed E-state index contributed by atoms with van der Waals surface area (Å²) in [4.78, 5) is 32.8. The van der Waals surface area contributed by atoms with Gasteiger partial charge in [-0.1, -0.05) is 47.2 Å². The van der Waals surface area contributed by atoms with E-state index >= 15 is 0 Å². The summed E-state index contributed by atoms with van der Waals surface area (Å²) in [7, 11) is 1.56. The summed E-state index contributed by atoms with van der Waals surface area (Å²) in [6, 6.07) is 16.0. The Hall–Kier alpha value is -4.37. The Morgan fingerprint density at radius 2 is 1.84 bits per heavy atom. The number of aliphatic hydroxyl groups excluding tert-OH is 1. The molecular formula is C28H24N2O6S. The lowest BCUT2D eigenvalue weighted by molar-refractivity contribution is -0.132. The van der Waals surface area contributed by atoms with Gasteiger partial charge in [0, 0.05) is 5.56 Å². The van der Waals surface area contributed by atoms with Crippen molar-refractivity contribution in [2.45, 2.75) is 19.9 Å². The summed E-state index contributed by atoms with van der Waals surface area (Å²) in [5.74, 6) is -1.16. The first-order valence-electron chi connectivity index (χ1n) is 11.6. The van der Waals surface area contributed by atoms with Gasteiger partial charge in [0.25, 0.3) is 5.78 Å². The Labute approximate surface area is 217 Å². The molecule has 1 aliphatic heterocycles. The minimum absolute atomic E-state index is 0.0705. The Morgan fingerprint density at radius 3 is 2.54 bits per heavy atom. The van der Waals surface area contributed by atoms with Gasteiger partial charge in [-0.2, -0.15) is 0 Å². The van der Waals surface area contributed by atoms with Crippen LogP contribution in [0.2, 0.25) is 0 Å². The number of anilines is 1. The number of phenols is 1. The van der Waals surface area contributed by atoms with Gasteiger partial charge in [-0.05, 0) is 49.7 Å². The molecule has 0 bridgehead atoms. The number of hydrogen-bond acceptors (Lipinski definition) is 8. The number of Topliss-reactive ketones (excluding diaryl/α,β-unsaturated/α-hetero) is 1. The number of amides is 1. The quantitative estimate of drug-likeness (QED) is 0.202. The highest BCUT2D eigenvalue weighted by atomic mass is 32.1. The van der Waals surface area contributed by atoms with Crippen LogP contribution >= 0.6 is 11.3 Å². The lowest BCUT2D eigenvalue weighted by Crippen LogP contribution is -2.29. The zero-order valence-electron chi connectivity index (χ0n) is 20.4. The number of ketones is 1. The van der Waals surface area contributed by atoms with Crippen molar-refractivity contribution in [3.8, 4) is 17.2 Å². The third-order valence-corrected chi connectivity index (χ3v) is 7.18. The molecule has 0 saturated carbocycles. The predicted molar refractivity (Wildman–Crippen MR) is 141 cm³/mol. The zero-order chi connectivity index (χ0) is 26.3. The van der Waals surface area contributed by atoms with Crippen LogP contribution in [0.4, 0.5) is 5.13 Å². The minimum Gasteiger partial charge on any atom is -0.507 e. The molecule has 2 N–H and O–H groups in total. The van der Waals surface area contributed by atoms with Gasteiger partial charge >= 0.3 is 5.91 Å². The van der Waals surface area contributed by atoms with Crippen LogP contribution in [0.3, 0.4) is 0 Å². The number of phenolic OH excluding ortho intramolecular Hbond substituents is 1. The van der Waals surface area contributed by atoms with Gasteiger partial charge in [-0.15, -0.1) is 0 Å². The lowest BCUT2D eigenvalue weighted by atomic mass is 9.95. The van der Waals surface area contributed by atoms with Crippen LogP contribution in [-0.2, 0) is 9.59 Å². The molecule has 4 aromatic rings. The van der Waals surface area contributed by atoms with Crippen molar-refractivity contribution >= 4 is 44.1 Å². The molecule has 1 atom stereocenters. The number of carbonyl (C=O) groups excluding carboxylic acids is 2. The van der Waals surface area contributed by atoms with Gasteiger partial charge < -0.3 is 19.7 Å². The Morgan fingerprint density at radius 1 is 1.08 bits per heavy atom. The van der Waals surface area contributed by atoms with Gasteiger partial charge in [-0.3, -0.25) is 14.5 Å². The van der Waals surface area contributed by atoms with Gasteiger partial charge in [0.1, 0.15) is 11.5 Å². The van der Waals surface area contributed by atoms with E-state index in [1.54, 1.807) is 50.4 Å². The van der Waals surface area contributed by atoms with Gasteiger partial charge in [-0.25, -0.2) is 4.98 Å². The fourth-order valence-electron chi connectivity index (χ4n) is 4.31. The molecule has 1 aromatic heterocycles. The molecule has 1 fully saturated rings. The summed E-state index contributed by atoms with van der Waals surface area (Å²) in [6.45, 7) is 4.00. The van der Waals surface area contributed by atoms with Crippen molar-refractivity contribution in [3.63, 3.8) is 0 Å². The summed E-state index contributed by atoms with van der Waals surface area (Å²) >= 11 is 1.23. The van der Waals surface area contributed by atoms with E-state index in [9.17, 15) is 19.8 Å². The number of hydrogen-bond donors (Lipinski definition) is 2. The topological polar surface area (TPSA) is 109 Å². The number of thiazole rings is 1. The van der Waals surface area contributed by atoms with E-state index in [4.69, 9.17) is 9.47 Å². The minimum atomic E-state index is -0.997. The first-order valence-corrected chi connectivity index (χ1v) is 12.4. The Kier molecular flexibility index (Phi) is 6.31. The first kappa shape index (κ1) is 24.3. The first-order chi connectivity index (χ1) is 17.8. The molecule has 9 heteroatoms. The number of rotatable bonds is 6. The highest BCUT2D eigenvalue weighted by Crippen LogP contribution is 2.46. The highest BCUT2D eigenvalue weighted by Gasteiger charge is 2.48. The summed E-state index contributed by atoms with van der Waals surface area (Å²) in [5, 5.41) is 21.9. The maximum absolute atomic E-state index is 13.5. The van der Waals surface area contributed by atoms with Crippen molar-refractivity contribution in [3.05, 3.63) is 82.9 Å². The van der Waals surface area contributed by atoms with Crippen LogP contribution in [0, 0.1) is 6.92 Å². The monoisotopic (exact) mass is 516 g/mol. The van der Waals surface area contributed by atoms with Crippen molar-refractivity contribution in [2.24, 2.45) is 0 Å². The third-order valence-electron chi connectivity index (χ3n) is 6.16. The number of aryl methyl sites for hydroxylation is 1. The van der Waals surface area contributed by atoms with Crippen LogP contribution in [-0.4, -0.2) is 40.6 Å². The second-order valence-electron chi connectivity index (χ2n) is 8.53. The number of aromatic nitrogens is 1. The highest BCUT2D eigenvalue weighted by molar-refractivity contribution is 7.22. The second-order valence-corrected chi connectivity index (χ2v) is 9.53. The molecule has 0 radical (unpaired) electrons. The fraction of sp³-hybridized carbons (Fsp3) is 0.179. The van der Waals surface area contributed by atoms with E-state index in [2.05, 4.69) is 4.98 Å². The van der Waals surface area contributed by atoms with Crippen molar-refractivity contribution in [2.75, 3.05) is 18.6 Å². The maximum atomic E-state index is 13.5. The van der Waals surface area contributed by atoms with Crippen molar-refractivity contribution in [1.82, 2.24) is 4.98 Å². The van der Waals surface area contributed by atoms with Crippen LogP contribution in [0.25, 0.3) is 16.0 Å². The number of aromatic hydroxyl groups is 1. The van der Waals surface area contributed by atoms with E-state index in [0.29, 0.717) is 34.1 Å². The van der Waals surface area contributed by atoms with Gasteiger partial charge in [0.2, 0.25) is 0 Å². The zero-order valence-corrected chi connectivity index (χ0v) is 21.2. The van der Waals surface area contributed by atoms with Gasteiger partial charge in [0.05, 0.1) is 35.5 Å². The smallest absolute Gasteiger partial charge is 0.301 e. The number of nitrogens with zero attached hydrogens (tertiary/aromatic N) is 2. The van der Waals surface area contributed by atoms with Crippen LogP contribution < -0.4 is 14.4 Å². The molecule has 37 heavy (non-hydrogen) atoms. The molecule has 188 valence electrons. The number of fused-ring (bicyclic) bond motifs is 1. The normalized spacial score (nSPS) is 16.9. The SMILES string of the molecule is CCOc1cc(C2C(=C(O)c3ccc(C)cc3)C(=O)C(=O)N2c2nc3ccc(OC)cc3s2)ccc1O. The second kappa shape index (κ2) is 9.59. The molecule has 8 nitrogen and oxygen atoms in total. The molecule has 0 aliphatic carbocycles. The number of methoxy groups -OCH3 is 1. The molecule has 3 aromatic carbocycles. The average molecular weight is 517 g/mol. The Bertz CT molecular complexity index is 1560. The summed E-state index contributed by atoms with van der Waals surface area (Å²) in [6.07, 6.45) is 0. The van der Waals surface area contributed by atoms with E-state index in [-0.39, 0.29) is 22.8 Å². The maximum Gasteiger partial charge on any atom is 0.301 e. The van der Waals surface area contributed by atoms with Crippen molar-refractivity contribution in [1.29, 1.82) is 0 Å². The van der Waals surface area contributed by atoms with E-state index in [1.807, 2.05) is 25.1 Å². The van der Waals surface area contributed by atoms with Gasteiger partial charge in [0.15, 0.2) is 16.6 Å². The molecule has 2 heterocycles. The molecule has 1 amide bonds. The van der Waals surface area contributed by atoms with E-state index in [1.165, 1.54) is 22.3 Å². The van der Waals surface area contributed by atoms with Crippen molar-refractivity contribution < 1.29 is 29.3 Å². The van der Waals surface area contributed by atoms with Crippen LogP contribution in [0.1, 0.15) is 29.7 Å².